The van der Waals surface area contributed by atoms with Crippen LogP contribution in [0.1, 0.15) is 31.2 Å². The molecule has 0 radical (unpaired) electrons. The van der Waals surface area contributed by atoms with Crippen LogP contribution in [0.2, 0.25) is 0 Å². The number of oxime groups is 1. The maximum absolute atomic E-state index is 8.94. The molecule has 0 unspecified atom stereocenters. The first kappa shape index (κ1) is 13.7. The molecule has 110 valence electrons. The number of nitrogens with two attached hydrogens (primary N) is 1. The first-order valence-corrected chi connectivity index (χ1v) is 7.28. The molecule has 3 rings (SSSR count). The quantitative estimate of drug-likeness (QED) is 0.392. The molecular weight excluding hydrogens is 266 g/mol. The minimum Gasteiger partial charge on any atom is -0.477 e. The Morgan fingerprint density at radius 2 is 2.10 bits per heavy atom. The summed E-state index contributed by atoms with van der Waals surface area (Å²) in [5, 5.41) is 13.0. The topological polar surface area (TPSA) is 80.7 Å². The van der Waals surface area contributed by atoms with Crippen LogP contribution < -0.4 is 10.5 Å². The number of aromatic nitrogens is 1. The van der Waals surface area contributed by atoms with Gasteiger partial charge in [0.05, 0.1) is 17.7 Å². The molecule has 2 aromatic rings. The van der Waals surface area contributed by atoms with E-state index in [4.69, 9.17) is 15.7 Å². The van der Waals surface area contributed by atoms with Crippen molar-refractivity contribution in [3.63, 3.8) is 0 Å². The van der Waals surface area contributed by atoms with Crippen LogP contribution >= 0.6 is 0 Å². The number of benzene rings is 1. The summed E-state index contributed by atoms with van der Waals surface area (Å²) in [6, 6.07) is 9.57. The highest BCUT2D eigenvalue weighted by molar-refractivity contribution is 6.02. The number of ether oxygens (including phenoxy) is 1. The zero-order valence-electron chi connectivity index (χ0n) is 11.8. The number of hydrogen-bond acceptors (Lipinski definition) is 4. The predicted molar refractivity (Wildman–Crippen MR) is 81.7 cm³/mol. The van der Waals surface area contributed by atoms with Gasteiger partial charge in [-0.2, -0.15) is 0 Å². The first-order valence-electron chi connectivity index (χ1n) is 7.28. The number of hydrogen-bond donors (Lipinski definition) is 2. The number of pyridine rings is 1. The molecule has 0 saturated heterocycles. The summed E-state index contributed by atoms with van der Waals surface area (Å²) in [6.07, 6.45) is 4.94. The van der Waals surface area contributed by atoms with Crippen molar-refractivity contribution in [2.24, 2.45) is 16.8 Å². The van der Waals surface area contributed by atoms with Crippen LogP contribution in [0.25, 0.3) is 10.9 Å². The Bertz CT molecular complexity index is 664. The lowest BCUT2D eigenvalue weighted by Crippen LogP contribution is -2.17. The molecule has 1 aromatic heterocycles. The molecule has 21 heavy (non-hydrogen) atoms. The maximum Gasteiger partial charge on any atom is 0.225 e. The lowest BCUT2D eigenvalue weighted by molar-refractivity contribution is 0.243. The second-order valence-corrected chi connectivity index (χ2v) is 5.48. The Morgan fingerprint density at radius 1 is 1.33 bits per heavy atom. The average molecular weight is 285 g/mol. The largest absolute Gasteiger partial charge is 0.477 e. The molecule has 5 heteroatoms. The Kier molecular flexibility index (Phi) is 3.90. The standard InChI is InChI=1S/C16H19N3O2/c17-15(19-20)13-9-12-7-3-4-8-14(12)18-16(13)21-10-11-5-1-2-6-11/h3-4,7-9,11,20H,1-2,5-6,10H2,(H2,17,19). The van der Waals surface area contributed by atoms with Crippen LogP contribution in [0.5, 0.6) is 5.88 Å². The zero-order valence-corrected chi connectivity index (χ0v) is 11.8. The van der Waals surface area contributed by atoms with Gasteiger partial charge in [0.25, 0.3) is 0 Å². The monoisotopic (exact) mass is 285 g/mol. The molecule has 1 aliphatic carbocycles. The molecule has 0 spiro atoms. The number of rotatable bonds is 4. The highest BCUT2D eigenvalue weighted by atomic mass is 16.5. The molecule has 1 saturated carbocycles. The summed E-state index contributed by atoms with van der Waals surface area (Å²) in [5.74, 6) is 1.05. The van der Waals surface area contributed by atoms with Crippen LogP contribution in [0.15, 0.2) is 35.5 Å². The Balaban J connectivity index is 1.93. The molecule has 1 aromatic carbocycles. The van der Waals surface area contributed by atoms with E-state index >= 15 is 0 Å². The third-order valence-corrected chi connectivity index (χ3v) is 4.00. The van der Waals surface area contributed by atoms with Crippen LogP contribution in [0.4, 0.5) is 0 Å². The molecule has 1 heterocycles. The van der Waals surface area contributed by atoms with Gasteiger partial charge in [-0.3, -0.25) is 0 Å². The number of para-hydroxylation sites is 1. The summed E-state index contributed by atoms with van der Waals surface area (Å²) in [7, 11) is 0. The summed E-state index contributed by atoms with van der Waals surface area (Å²) in [4.78, 5) is 4.51. The highest BCUT2D eigenvalue weighted by Crippen LogP contribution is 2.27. The number of nitrogens with zero attached hydrogens (tertiary/aromatic N) is 2. The van der Waals surface area contributed by atoms with Gasteiger partial charge in [0.1, 0.15) is 0 Å². The minimum absolute atomic E-state index is 0.0228. The van der Waals surface area contributed by atoms with Crippen LogP contribution in [0, 0.1) is 5.92 Å². The molecule has 5 nitrogen and oxygen atoms in total. The van der Waals surface area contributed by atoms with Gasteiger partial charge in [-0.15, -0.1) is 0 Å². The van der Waals surface area contributed by atoms with Gasteiger partial charge >= 0.3 is 0 Å². The van der Waals surface area contributed by atoms with Crippen LogP contribution in [-0.2, 0) is 0 Å². The van der Waals surface area contributed by atoms with Gasteiger partial charge in [0.15, 0.2) is 5.84 Å². The smallest absolute Gasteiger partial charge is 0.225 e. The van der Waals surface area contributed by atoms with E-state index in [1.807, 2.05) is 30.3 Å². The fourth-order valence-corrected chi connectivity index (χ4v) is 2.82. The van der Waals surface area contributed by atoms with E-state index in [2.05, 4.69) is 10.1 Å². The van der Waals surface area contributed by atoms with E-state index in [0.29, 0.717) is 24.0 Å². The van der Waals surface area contributed by atoms with Crippen molar-refractivity contribution in [3.8, 4) is 5.88 Å². The second-order valence-electron chi connectivity index (χ2n) is 5.48. The van der Waals surface area contributed by atoms with Crippen LogP contribution in [0.3, 0.4) is 0 Å². The molecule has 0 atom stereocenters. The van der Waals surface area contributed by atoms with Crippen LogP contribution in [-0.4, -0.2) is 22.6 Å². The van der Waals surface area contributed by atoms with Gasteiger partial charge in [-0.05, 0) is 30.9 Å². The summed E-state index contributed by atoms with van der Waals surface area (Å²) in [6.45, 7) is 0.636. The SMILES string of the molecule is NC(=NO)c1cc2ccccc2nc1OCC1CCCC1. The first-order chi connectivity index (χ1) is 10.3. The molecule has 0 bridgehead atoms. The van der Waals surface area contributed by atoms with E-state index in [-0.39, 0.29) is 5.84 Å². The van der Waals surface area contributed by atoms with Crippen molar-refractivity contribution in [2.45, 2.75) is 25.7 Å². The minimum atomic E-state index is 0.0228. The van der Waals surface area contributed by atoms with Gasteiger partial charge in [-0.25, -0.2) is 4.98 Å². The number of fused-ring (bicyclic) bond motifs is 1. The van der Waals surface area contributed by atoms with E-state index in [1.165, 1.54) is 25.7 Å². The van der Waals surface area contributed by atoms with E-state index in [0.717, 1.165) is 10.9 Å². The van der Waals surface area contributed by atoms with Crippen molar-refractivity contribution in [1.29, 1.82) is 0 Å². The lowest BCUT2D eigenvalue weighted by Gasteiger charge is -2.14. The number of amidine groups is 1. The molecule has 0 amide bonds. The molecule has 1 fully saturated rings. The molecule has 3 N–H and O–H groups in total. The third kappa shape index (κ3) is 2.91. The van der Waals surface area contributed by atoms with Crippen molar-refractivity contribution in [3.05, 3.63) is 35.9 Å². The van der Waals surface area contributed by atoms with Crippen molar-refractivity contribution >= 4 is 16.7 Å². The summed E-state index contributed by atoms with van der Waals surface area (Å²) >= 11 is 0. The normalized spacial score (nSPS) is 16.5. The van der Waals surface area contributed by atoms with E-state index in [9.17, 15) is 0 Å². The Labute approximate surface area is 123 Å². The fraction of sp³-hybridized carbons (Fsp3) is 0.375. The van der Waals surface area contributed by atoms with E-state index < -0.39 is 0 Å². The van der Waals surface area contributed by atoms with Gasteiger partial charge in [-0.1, -0.05) is 36.2 Å². The fourth-order valence-electron chi connectivity index (χ4n) is 2.82. The Hall–Kier alpha value is -2.30. The highest BCUT2D eigenvalue weighted by Gasteiger charge is 2.18. The van der Waals surface area contributed by atoms with Crippen molar-refractivity contribution in [2.75, 3.05) is 6.61 Å². The lowest BCUT2D eigenvalue weighted by atomic mass is 10.1. The van der Waals surface area contributed by atoms with Gasteiger partial charge in [0, 0.05) is 5.39 Å². The van der Waals surface area contributed by atoms with Crippen molar-refractivity contribution < 1.29 is 9.94 Å². The zero-order chi connectivity index (χ0) is 14.7. The average Bonchev–Trinajstić information content (AvgIpc) is 3.04. The third-order valence-electron chi connectivity index (χ3n) is 4.00. The van der Waals surface area contributed by atoms with E-state index in [1.54, 1.807) is 0 Å². The predicted octanol–water partition coefficient (Wildman–Crippen LogP) is 2.90. The Morgan fingerprint density at radius 3 is 2.86 bits per heavy atom. The molecule has 1 aliphatic rings. The maximum atomic E-state index is 8.94. The summed E-state index contributed by atoms with van der Waals surface area (Å²) < 4.78 is 5.87. The molecule has 0 aliphatic heterocycles. The summed E-state index contributed by atoms with van der Waals surface area (Å²) in [5.41, 5.74) is 7.13. The van der Waals surface area contributed by atoms with Crippen molar-refractivity contribution in [1.82, 2.24) is 4.98 Å². The molecular formula is C16H19N3O2. The van der Waals surface area contributed by atoms with Gasteiger partial charge in [0.2, 0.25) is 5.88 Å². The second kappa shape index (κ2) is 5.99. The van der Waals surface area contributed by atoms with Gasteiger partial charge < -0.3 is 15.7 Å².